The molecule has 0 unspecified atom stereocenters. The Hall–Kier alpha value is -2.23. The number of unbranched alkanes of at least 4 members (excludes halogenated alkanes) is 1. The van der Waals surface area contributed by atoms with Crippen molar-refractivity contribution in [3.8, 4) is 11.5 Å². The zero-order chi connectivity index (χ0) is 20.0. The van der Waals surface area contributed by atoms with E-state index in [0.29, 0.717) is 0 Å². The van der Waals surface area contributed by atoms with Gasteiger partial charge in [0, 0.05) is 32.9 Å². The van der Waals surface area contributed by atoms with E-state index in [1.54, 1.807) is 27.5 Å². The summed E-state index contributed by atoms with van der Waals surface area (Å²) in [6.45, 7) is 2.57. The second kappa shape index (κ2) is 14.7. The molecule has 0 radical (unpaired) electrons. The van der Waals surface area contributed by atoms with Crippen LogP contribution in [0.15, 0.2) is 47.6 Å². The van der Waals surface area contributed by atoms with Gasteiger partial charge in [-0.05, 0) is 49.1 Å². The highest BCUT2D eigenvalue weighted by Crippen LogP contribution is 2.27. The van der Waals surface area contributed by atoms with E-state index >= 15 is 0 Å². The minimum atomic E-state index is 0. The number of aliphatic imine (C=N–C) groups is 1. The highest BCUT2D eigenvalue weighted by Gasteiger charge is 2.05. The summed E-state index contributed by atoms with van der Waals surface area (Å²) in [5, 5.41) is 10.0. The molecule has 0 amide bonds. The van der Waals surface area contributed by atoms with Crippen molar-refractivity contribution < 1.29 is 9.47 Å². The van der Waals surface area contributed by atoms with E-state index in [1.165, 1.54) is 5.56 Å². The number of anilines is 1. The fourth-order valence-electron chi connectivity index (χ4n) is 2.72. The number of benzene rings is 1. The van der Waals surface area contributed by atoms with Crippen molar-refractivity contribution in [3.05, 3.63) is 48.2 Å². The molecule has 0 atom stereocenters. The van der Waals surface area contributed by atoms with Crippen molar-refractivity contribution in [2.24, 2.45) is 4.99 Å². The van der Waals surface area contributed by atoms with Crippen LogP contribution in [0, 0.1) is 0 Å². The third-order valence-corrected chi connectivity index (χ3v) is 4.24. The van der Waals surface area contributed by atoms with Crippen LogP contribution >= 0.6 is 24.0 Å². The van der Waals surface area contributed by atoms with Gasteiger partial charge in [-0.15, -0.1) is 24.0 Å². The first-order valence-corrected chi connectivity index (χ1v) is 9.57. The van der Waals surface area contributed by atoms with Crippen molar-refractivity contribution >= 4 is 35.8 Å². The second-order valence-corrected chi connectivity index (χ2v) is 6.21. The highest BCUT2D eigenvalue weighted by molar-refractivity contribution is 14.0. The van der Waals surface area contributed by atoms with E-state index in [0.717, 1.165) is 62.2 Å². The zero-order valence-electron chi connectivity index (χ0n) is 17.4. The summed E-state index contributed by atoms with van der Waals surface area (Å²) >= 11 is 0. The molecule has 0 fully saturated rings. The van der Waals surface area contributed by atoms with Crippen LogP contribution < -0.4 is 25.4 Å². The molecular weight excluding hydrogens is 481 g/mol. The smallest absolute Gasteiger partial charge is 0.190 e. The predicted molar refractivity (Wildman–Crippen MR) is 130 cm³/mol. The van der Waals surface area contributed by atoms with Crippen LogP contribution in [0.2, 0.25) is 0 Å². The molecule has 0 bridgehead atoms. The van der Waals surface area contributed by atoms with Gasteiger partial charge in [-0.2, -0.15) is 0 Å². The summed E-state index contributed by atoms with van der Waals surface area (Å²) in [6, 6.07) is 11.9. The van der Waals surface area contributed by atoms with E-state index < -0.39 is 0 Å². The first-order valence-electron chi connectivity index (χ1n) is 9.57. The van der Waals surface area contributed by atoms with Crippen LogP contribution in [0.1, 0.15) is 18.4 Å². The maximum Gasteiger partial charge on any atom is 0.190 e. The molecule has 7 nitrogen and oxygen atoms in total. The molecule has 1 aromatic carbocycles. The minimum absolute atomic E-state index is 0. The van der Waals surface area contributed by atoms with Crippen LogP contribution in [-0.2, 0) is 6.42 Å². The number of hydrogen-bond donors (Lipinski definition) is 3. The summed E-state index contributed by atoms with van der Waals surface area (Å²) in [7, 11) is 5.08. The maximum absolute atomic E-state index is 5.35. The van der Waals surface area contributed by atoms with E-state index in [2.05, 4.69) is 25.9 Å². The van der Waals surface area contributed by atoms with Gasteiger partial charge in [0.15, 0.2) is 17.5 Å². The summed E-state index contributed by atoms with van der Waals surface area (Å²) in [4.78, 5) is 8.52. The number of aromatic nitrogens is 1. The molecule has 0 saturated heterocycles. The Bertz CT molecular complexity index is 728. The number of halogens is 1. The van der Waals surface area contributed by atoms with Crippen molar-refractivity contribution in [2.45, 2.75) is 19.3 Å². The van der Waals surface area contributed by atoms with E-state index in [4.69, 9.17) is 9.47 Å². The SMILES string of the molecule is CN=C(NCCCCNc1ccccn1)NCCc1ccc(OC)c(OC)c1.I. The fraction of sp³-hybridized carbons (Fsp3) is 0.429. The van der Waals surface area contributed by atoms with Gasteiger partial charge >= 0.3 is 0 Å². The second-order valence-electron chi connectivity index (χ2n) is 6.21. The monoisotopic (exact) mass is 513 g/mol. The Balaban J connectivity index is 0.00000420. The number of pyridine rings is 1. The number of guanidine groups is 1. The predicted octanol–water partition coefficient (Wildman–Crippen LogP) is 3.32. The molecular formula is C21H32IN5O2. The molecule has 1 aromatic heterocycles. The van der Waals surface area contributed by atoms with Crippen molar-refractivity contribution in [3.63, 3.8) is 0 Å². The lowest BCUT2D eigenvalue weighted by Crippen LogP contribution is -2.38. The molecule has 0 aliphatic carbocycles. The third-order valence-electron chi connectivity index (χ3n) is 4.24. The first-order chi connectivity index (χ1) is 13.8. The lowest BCUT2D eigenvalue weighted by Gasteiger charge is -2.13. The Labute approximate surface area is 190 Å². The molecule has 29 heavy (non-hydrogen) atoms. The number of ether oxygens (including phenoxy) is 2. The fourth-order valence-corrected chi connectivity index (χ4v) is 2.72. The number of rotatable bonds is 11. The normalized spacial score (nSPS) is 10.7. The average molecular weight is 513 g/mol. The number of nitrogens with zero attached hydrogens (tertiary/aromatic N) is 2. The van der Waals surface area contributed by atoms with Crippen LogP contribution in [0.25, 0.3) is 0 Å². The van der Waals surface area contributed by atoms with Gasteiger partial charge in [0.1, 0.15) is 5.82 Å². The molecule has 0 aliphatic rings. The molecule has 160 valence electrons. The molecule has 1 heterocycles. The molecule has 0 aliphatic heterocycles. The molecule has 3 N–H and O–H groups in total. The van der Waals surface area contributed by atoms with Gasteiger partial charge in [0.2, 0.25) is 0 Å². The van der Waals surface area contributed by atoms with E-state index in [9.17, 15) is 0 Å². The van der Waals surface area contributed by atoms with E-state index in [-0.39, 0.29) is 24.0 Å². The zero-order valence-corrected chi connectivity index (χ0v) is 19.7. The number of nitrogens with one attached hydrogen (secondary N) is 3. The van der Waals surface area contributed by atoms with Crippen molar-refractivity contribution in [1.29, 1.82) is 0 Å². The van der Waals surface area contributed by atoms with Gasteiger partial charge in [0.05, 0.1) is 14.2 Å². The molecule has 0 spiro atoms. The molecule has 0 saturated carbocycles. The van der Waals surface area contributed by atoms with Gasteiger partial charge < -0.3 is 25.4 Å². The topological polar surface area (TPSA) is 79.8 Å². The first kappa shape index (κ1) is 24.8. The summed E-state index contributed by atoms with van der Waals surface area (Å²) in [5.41, 5.74) is 1.18. The lowest BCUT2D eigenvalue weighted by molar-refractivity contribution is 0.354. The van der Waals surface area contributed by atoms with Crippen LogP contribution in [-0.4, -0.2) is 51.8 Å². The largest absolute Gasteiger partial charge is 0.493 e. The van der Waals surface area contributed by atoms with Gasteiger partial charge in [-0.1, -0.05) is 12.1 Å². The van der Waals surface area contributed by atoms with Crippen molar-refractivity contribution in [1.82, 2.24) is 15.6 Å². The Kier molecular flexibility index (Phi) is 12.6. The van der Waals surface area contributed by atoms with E-state index in [1.807, 2.05) is 36.4 Å². The van der Waals surface area contributed by atoms with Crippen LogP contribution in [0.3, 0.4) is 0 Å². The highest BCUT2D eigenvalue weighted by atomic mass is 127. The number of hydrogen-bond acceptors (Lipinski definition) is 5. The van der Waals surface area contributed by atoms with Crippen molar-refractivity contribution in [2.75, 3.05) is 46.2 Å². The molecule has 2 rings (SSSR count). The maximum atomic E-state index is 5.35. The quantitative estimate of drug-likeness (QED) is 0.185. The summed E-state index contributed by atoms with van der Waals surface area (Å²) in [6.07, 6.45) is 4.78. The standard InChI is InChI=1S/C21H31N5O2.HI/c1-22-21(25-14-7-6-13-24-20-8-4-5-12-23-20)26-15-11-17-9-10-18(27-2)19(16-17)28-3;/h4-5,8-10,12,16H,6-7,11,13-15H2,1-3H3,(H,23,24)(H2,22,25,26);1H. The summed E-state index contributed by atoms with van der Waals surface area (Å²) < 4.78 is 10.6. The minimum Gasteiger partial charge on any atom is -0.493 e. The molecule has 2 aromatic rings. The van der Waals surface area contributed by atoms with Gasteiger partial charge in [-0.25, -0.2) is 4.98 Å². The molecule has 8 heteroatoms. The Morgan fingerprint density at radius 1 is 0.966 bits per heavy atom. The van der Waals surface area contributed by atoms with Crippen LogP contribution in [0.5, 0.6) is 11.5 Å². The van der Waals surface area contributed by atoms with Crippen LogP contribution in [0.4, 0.5) is 5.82 Å². The Morgan fingerprint density at radius 2 is 1.72 bits per heavy atom. The number of methoxy groups -OCH3 is 2. The van der Waals surface area contributed by atoms with Gasteiger partial charge in [0.25, 0.3) is 0 Å². The van der Waals surface area contributed by atoms with Gasteiger partial charge in [-0.3, -0.25) is 4.99 Å². The lowest BCUT2D eigenvalue weighted by atomic mass is 10.1. The Morgan fingerprint density at radius 3 is 2.41 bits per heavy atom. The average Bonchev–Trinajstić information content (AvgIpc) is 2.75. The third kappa shape index (κ3) is 9.21. The summed E-state index contributed by atoms with van der Waals surface area (Å²) in [5.74, 6) is 3.23.